The van der Waals surface area contributed by atoms with Gasteiger partial charge in [0.1, 0.15) is 28.7 Å². The summed E-state index contributed by atoms with van der Waals surface area (Å²) in [6.07, 6.45) is 4.64. The summed E-state index contributed by atoms with van der Waals surface area (Å²) in [6.45, 7) is 3.42. The van der Waals surface area contributed by atoms with E-state index in [-0.39, 0.29) is 24.1 Å². The van der Waals surface area contributed by atoms with Crippen molar-refractivity contribution >= 4 is 39.5 Å². The number of carbonyl (C=O) groups is 3. The minimum absolute atomic E-state index is 0.0228. The van der Waals surface area contributed by atoms with E-state index in [0.29, 0.717) is 26.5 Å². The molecule has 3 aromatic rings. The molecule has 5 N–H and O–H groups in total. The quantitative estimate of drug-likeness (QED) is 0.261. The van der Waals surface area contributed by atoms with E-state index < -0.39 is 36.0 Å². The van der Waals surface area contributed by atoms with Gasteiger partial charge in [0.25, 0.3) is 5.91 Å². The van der Waals surface area contributed by atoms with Gasteiger partial charge in [-0.15, -0.1) is 11.3 Å². The van der Waals surface area contributed by atoms with Crippen LogP contribution in [0.3, 0.4) is 0 Å². The first-order valence-corrected chi connectivity index (χ1v) is 11.8. The van der Waals surface area contributed by atoms with Gasteiger partial charge in [0.15, 0.2) is 12.4 Å². The van der Waals surface area contributed by atoms with Crippen LogP contribution in [-0.4, -0.2) is 59.5 Å². The molecule has 0 radical (unpaired) electrons. The van der Waals surface area contributed by atoms with Crippen LogP contribution in [0.25, 0.3) is 10.4 Å². The normalized spacial score (nSPS) is 23.4. The molecule has 5 rings (SSSR count). The van der Waals surface area contributed by atoms with Crippen LogP contribution in [0, 0.1) is 11.8 Å². The van der Waals surface area contributed by atoms with Crippen LogP contribution < -0.4 is 10.3 Å². The highest BCUT2D eigenvalue weighted by Gasteiger charge is 2.60. The highest BCUT2D eigenvalue weighted by Crippen LogP contribution is 2.51. The van der Waals surface area contributed by atoms with Crippen LogP contribution in [0.15, 0.2) is 42.7 Å². The number of pyridine rings is 1. The number of carboxylic acid groups (broad SMARTS) is 1. The van der Waals surface area contributed by atoms with Gasteiger partial charge in [-0.05, 0) is 12.5 Å². The number of thiazole rings is 1. The summed E-state index contributed by atoms with van der Waals surface area (Å²) in [5.74, 6) is -3.00. The van der Waals surface area contributed by atoms with E-state index in [1.54, 1.807) is 52.9 Å². The van der Waals surface area contributed by atoms with Gasteiger partial charge in [-0.3, -0.25) is 14.0 Å². The van der Waals surface area contributed by atoms with Gasteiger partial charge < -0.3 is 26.0 Å². The van der Waals surface area contributed by atoms with Crippen molar-refractivity contribution in [3.63, 3.8) is 0 Å². The van der Waals surface area contributed by atoms with Gasteiger partial charge in [0.2, 0.25) is 12.5 Å². The van der Waals surface area contributed by atoms with Crippen LogP contribution in [0.2, 0.25) is 0 Å². The number of carboxylic acids is 1. The van der Waals surface area contributed by atoms with E-state index in [1.165, 1.54) is 16.2 Å². The largest absolute Gasteiger partial charge is 0.477 e. The molecule has 2 amide bonds. The Labute approximate surface area is 203 Å². The second-order valence-corrected chi connectivity index (χ2v) is 9.96. The Morgan fingerprint density at radius 3 is 2.57 bits per heavy atom. The fourth-order valence-electron chi connectivity index (χ4n) is 5.12. The zero-order valence-electron chi connectivity index (χ0n) is 18.9. The van der Waals surface area contributed by atoms with Gasteiger partial charge >= 0.3 is 5.97 Å². The van der Waals surface area contributed by atoms with Crippen molar-refractivity contribution in [1.82, 2.24) is 14.3 Å². The number of amides is 2. The number of aliphatic hydroxyl groups is 2. The molecule has 5 heterocycles. The summed E-state index contributed by atoms with van der Waals surface area (Å²) in [7, 11) is 0. The molecule has 0 spiro atoms. The van der Waals surface area contributed by atoms with E-state index in [1.807, 2.05) is 6.92 Å². The number of hydrogen-bond donors (Lipinski definition) is 4. The Hall–Kier alpha value is -3.61. The number of nitrogens with two attached hydrogens (primary N) is 1. The van der Waals surface area contributed by atoms with E-state index in [4.69, 9.17) is 5.73 Å². The molecule has 1 fully saturated rings. The lowest BCUT2D eigenvalue weighted by molar-refractivity contribution is -0.684. The summed E-state index contributed by atoms with van der Waals surface area (Å²) in [5, 5.41) is 31.0. The smallest absolute Gasteiger partial charge is 0.352 e. The zero-order valence-corrected chi connectivity index (χ0v) is 19.7. The van der Waals surface area contributed by atoms with E-state index in [0.717, 1.165) is 0 Å². The molecule has 0 saturated carbocycles. The third-order valence-electron chi connectivity index (χ3n) is 6.71. The molecule has 182 valence electrons. The minimum Gasteiger partial charge on any atom is -0.477 e. The first-order valence-electron chi connectivity index (χ1n) is 11.0. The molecule has 2 aliphatic heterocycles. The molecular formula is C23H24N5O6S+. The van der Waals surface area contributed by atoms with Gasteiger partial charge in [-0.25, -0.2) is 9.78 Å². The van der Waals surface area contributed by atoms with Crippen molar-refractivity contribution in [3.05, 3.63) is 58.9 Å². The summed E-state index contributed by atoms with van der Waals surface area (Å²) in [6, 6.07) is 2.93. The lowest BCUT2D eigenvalue weighted by Gasteiger charge is -2.46. The second-order valence-electron chi connectivity index (χ2n) is 8.93. The summed E-state index contributed by atoms with van der Waals surface area (Å²) in [5.41, 5.74) is 6.64. The first kappa shape index (κ1) is 23.1. The number of β-lactam (4-membered cyclic amide) rings is 1. The van der Waals surface area contributed by atoms with Crippen molar-refractivity contribution in [1.29, 1.82) is 0 Å². The summed E-state index contributed by atoms with van der Waals surface area (Å²) >= 11 is 1.28. The van der Waals surface area contributed by atoms with Crippen molar-refractivity contribution in [2.75, 3.05) is 0 Å². The fourth-order valence-corrected chi connectivity index (χ4v) is 6.36. The number of imidazole rings is 1. The maximum Gasteiger partial charge on any atom is 0.352 e. The Bertz CT molecular complexity index is 1390. The van der Waals surface area contributed by atoms with E-state index in [9.17, 15) is 29.7 Å². The third kappa shape index (κ3) is 3.52. The number of rotatable bonds is 7. The van der Waals surface area contributed by atoms with Gasteiger partial charge in [0.05, 0.1) is 22.9 Å². The van der Waals surface area contributed by atoms with Crippen LogP contribution in [0.1, 0.15) is 36.1 Å². The molecule has 1 saturated heterocycles. The molecule has 0 aromatic carbocycles. The number of aromatic nitrogens is 3. The van der Waals surface area contributed by atoms with Gasteiger partial charge in [0, 0.05) is 29.8 Å². The molecule has 35 heavy (non-hydrogen) atoms. The number of aliphatic hydroxyl groups excluding tert-OH is 2. The number of fused-ring (bicyclic) bond motifs is 2. The molecule has 0 aliphatic carbocycles. The Morgan fingerprint density at radius 1 is 1.29 bits per heavy atom. The van der Waals surface area contributed by atoms with Gasteiger partial charge in [-0.1, -0.05) is 6.92 Å². The summed E-state index contributed by atoms with van der Waals surface area (Å²) in [4.78, 5) is 42.8. The number of hydrogen-bond acceptors (Lipinski definition) is 7. The first-order chi connectivity index (χ1) is 16.6. The monoisotopic (exact) mass is 498 g/mol. The molecule has 11 nitrogen and oxygen atoms in total. The van der Waals surface area contributed by atoms with Gasteiger partial charge in [-0.2, -0.15) is 4.57 Å². The highest BCUT2D eigenvalue weighted by molar-refractivity contribution is 7.18. The maximum absolute atomic E-state index is 12.6. The van der Waals surface area contributed by atoms with Crippen LogP contribution in [-0.2, 0) is 20.9 Å². The van der Waals surface area contributed by atoms with Crippen molar-refractivity contribution in [3.8, 4) is 0 Å². The molecule has 0 bridgehead atoms. The van der Waals surface area contributed by atoms with E-state index >= 15 is 0 Å². The number of carbonyl (C=O) groups excluding carboxylic acids is 2. The molecule has 12 heteroatoms. The maximum atomic E-state index is 12.6. The molecule has 2 aliphatic rings. The predicted molar refractivity (Wildman–Crippen MR) is 122 cm³/mol. The highest BCUT2D eigenvalue weighted by atomic mass is 32.1. The average molecular weight is 499 g/mol. The molecular weight excluding hydrogens is 474 g/mol. The number of nitrogens with zero attached hydrogens (tertiary/aromatic N) is 4. The van der Waals surface area contributed by atoms with Crippen LogP contribution >= 0.6 is 11.3 Å². The Kier molecular flexibility index (Phi) is 5.46. The zero-order chi connectivity index (χ0) is 25.2. The average Bonchev–Trinajstić information content (AvgIpc) is 3.43. The predicted octanol–water partition coefficient (Wildman–Crippen LogP) is -0.0965. The van der Waals surface area contributed by atoms with Crippen molar-refractivity contribution < 1.29 is 34.3 Å². The second kappa shape index (κ2) is 8.26. The number of aliphatic carboxylic acids is 1. The molecule has 3 aromatic heterocycles. The lowest BCUT2D eigenvalue weighted by Crippen LogP contribution is -2.63. The topological polar surface area (TPSA) is 162 Å². The molecule has 1 unspecified atom stereocenters. The Morgan fingerprint density at radius 2 is 1.97 bits per heavy atom. The number of primary amides is 1. The van der Waals surface area contributed by atoms with Crippen LogP contribution in [0.5, 0.6) is 0 Å². The molecule has 5 atom stereocenters. The standard InChI is InChI=1S/C23H23N5O6S/c1-10-15(19(23(33)34)28-18(10)16(11(2)29)21(28)32)13-7-27-9-25-17(22(27)35-13)20(31)12-3-5-26(6-4-12)8-14(24)30/h3-7,9-11,16,18,20,29,31H,8H2,1-2H3,(H2-,24,30,33,34)/p+1/t10-,11+,16+,18+,20?/m0/s1. The van der Waals surface area contributed by atoms with Crippen LogP contribution in [0.4, 0.5) is 0 Å². The fraction of sp³-hybridized carbons (Fsp3) is 0.348. The summed E-state index contributed by atoms with van der Waals surface area (Å²) < 4.78 is 3.31. The van der Waals surface area contributed by atoms with E-state index in [2.05, 4.69) is 4.98 Å². The SMILES string of the molecule is C[C@@H](O)[C@H]1C(=O)N2C(C(=O)O)=C(c3cn4cnc(C(O)c5cc[n+](CC(N)=O)cc5)c4s3)[C@H](C)[C@H]12. The van der Waals surface area contributed by atoms with Crippen molar-refractivity contribution in [2.45, 2.75) is 38.6 Å². The lowest BCUT2D eigenvalue weighted by atomic mass is 9.77. The Balaban J connectivity index is 1.51. The van der Waals surface area contributed by atoms with Crippen molar-refractivity contribution in [2.24, 2.45) is 17.6 Å². The minimum atomic E-state index is -1.20. The third-order valence-corrected chi connectivity index (χ3v) is 7.87.